The molecule has 0 aromatic heterocycles. The Morgan fingerprint density at radius 3 is 2.14 bits per heavy atom. The van der Waals surface area contributed by atoms with Gasteiger partial charge in [-0.25, -0.2) is 0 Å². The van der Waals surface area contributed by atoms with E-state index < -0.39 is 5.91 Å². The van der Waals surface area contributed by atoms with Crippen LogP contribution in [-0.2, 0) is 6.61 Å². The van der Waals surface area contributed by atoms with Crippen LogP contribution in [-0.4, -0.2) is 11.0 Å². The third-order valence-electron chi connectivity index (χ3n) is 1.47. The zero-order chi connectivity index (χ0) is 11.0. The van der Waals surface area contributed by atoms with Gasteiger partial charge in [0.05, 0.1) is 6.61 Å². The lowest BCUT2D eigenvalue weighted by atomic mass is 10.1. The number of hydrogen-bond donors (Lipinski definition) is 1. The van der Waals surface area contributed by atoms with Crippen LogP contribution in [0.2, 0.25) is 0 Å². The van der Waals surface area contributed by atoms with Crippen LogP contribution >= 0.6 is 0 Å². The zero-order valence-electron chi connectivity index (χ0n) is 8.23. The van der Waals surface area contributed by atoms with Crippen LogP contribution in [0.4, 0.5) is 0 Å². The van der Waals surface area contributed by atoms with E-state index in [1.165, 1.54) is 12.1 Å². The summed E-state index contributed by atoms with van der Waals surface area (Å²) in [6.07, 6.45) is 0. The lowest BCUT2D eigenvalue weighted by molar-refractivity contribution is 0.100. The summed E-state index contributed by atoms with van der Waals surface area (Å²) in [4.78, 5) is 20.5. The number of benzene rings is 1. The minimum Gasteiger partial charge on any atom is -0.392 e. The van der Waals surface area contributed by atoms with E-state index >= 15 is 0 Å². The first kappa shape index (κ1) is 12.4. The van der Waals surface area contributed by atoms with E-state index in [9.17, 15) is 9.70 Å². The number of amides is 1. The molecule has 0 aliphatic rings. The molecule has 0 radical (unpaired) electrons. The van der Waals surface area contributed by atoms with E-state index in [1.54, 1.807) is 12.1 Å². The molecule has 0 saturated heterocycles. The molecule has 14 heavy (non-hydrogen) atoms. The molecule has 0 unspecified atom stereocenters. The summed E-state index contributed by atoms with van der Waals surface area (Å²) in [5.41, 5.74) is 0.930. The van der Waals surface area contributed by atoms with E-state index in [4.69, 9.17) is 5.11 Å². The molecule has 1 N–H and O–H groups in total. The predicted octanol–water partition coefficient (Wildman–Crippen LogP) is 2.11. The standard InChI is InChI=1S/C8H7NO3.C2H6/c10-5-6-1-3-7(4-2-6)8(11)9-12;1-2/h1-4,10H,5H2;1-2H3. The smallest absolute Gasteiger partial charge is 0.316 e. The molecule has 1 aromatic rings. The van der Waals surface area contributed by atoms with E-state index in [0.717, 1.165) is 0 Å². The summed E-state index contributed by atoms with van der Waals surface area (Å²) in [6.45, 7) is 3.92. The molecule has 0 atom stereocenters. The molecule has 0 spiro atoms. The van der Waals surface area contributed by atoms with Crippen LogP contribution in [0.3, 0.4) is 0 Å². The molecule has 4 nitrogen and oxygen atoms in total. The van der Waals surface area contributed by atoms with Crippen molar-refractivity contribution in [3.63, 3.8) is 0 Å². The molecule has 0 saturated carbocycles. The number of aliphatic hydroxyl groups excluding tert-OH is 1. The highest BCUT2D eigenvalue weighted by Crippen LogP contribution is 2.05. The average Bonchev–Trinajstić information content (AvgIpc) is 2.31. The molecule has 1 aromatic carbocycles. The molecular formula is C10H13NO3. The van der Waals surface area contributed by atoms with E-state index in [-0.39, 0.29) is 12.2 Å². The largest absolute Gasteiger partial charge is 0.392 e. The normalized spacial score (nSPS) is 8.50. The van der Waals surface area contributed by atoms with Crippen molar-refractivity contribution in [2.75, 3.05) is 0 Å². The number of nitrogens with zero attached hydrogens (tertiary/aromatic N) is 1. The van der Waals surface area contributed by atoms with Crippen LogP contribution < -0.4 is 0 Å². The van der Waals surface area contributed by atoms with E-state index in [0.29, 0.717) is 5.56 Å². The quantitative estimate of drug-likeness (QED) is 0.735. The van der Waals surface area contributed by atoms with Gasteiger partial charge in [0.1, 0.15) is 0 Å². The Bertz CT molecular complexity index is 293. The minimum atomic E-state index is -0.792. The Morgan fingerprint density at radius 2 is 1.79 bits per heavy atom. The predicted molar refractivity (Wildman–Crippen MR) is 53.8 cm³/mol. The maximum absolute atomic E-state index is 10.7. The Hall–Kier alpha value is -1.55. The third kappa shape index (κ3) is 3.45. The van der Waals surface area contributed by atoms with Gasteiger partial charge < -0.3 is 5.11 Å². The summed E-state index contributed by atoms with van der Waals surface area (Å²) in [7, 11) is 0. The Morgan fingerprint density at radius 1 is 1.29 bits per heavy atom. The van der Waals surface area contributed by atoms with Gasteiger partial charge in [-0.05, 0) is 17.7 Å². The second kappa shape index (κ2) is 6.91. The number of rotatable bonds is 2. The van der Waals surface area contributed by atoms with Crippen molar-refractivity contribution in [2.45, 2.75) is 20.5 Å². The first-order valence-electron chi connectivity index (χ1n) is 4.35. The number of carbonyl (C=O) groups is 1. The monoisotopic (exact) mass is 195 g/mol. The number of carbonyl (C=O) groups excluding carboxylic acids is 1. The second-order valence-electron chi connectivity index (χ2n) is 2.25. The van der Waals surface area contributed by atoms with Crippen LogP contribution in [0.5, 0.6) is 0 Å². The molecule has 1 rings (SSSR count). The average molecular weight is 195 g/mol. The SMILES string of the molecule is CC.O=NC(=O)c1ccc(CO)cc1. The van der Waals surface area contributed by atoms with Gasteiger partial charge in [0.25, 0.3) is 0 Å². The molecule has 0 fully saturated rings. The zero-order valence-corrected chi connectivity index (χ0v) is 8.23. The molecular weight excluding hydrogens is 182 g/mol. The molecule has 1 amide bonds. The molecule has 4 heteroatoms. The highest BCUT2D eigenvalue weighted by atomic mass is 16.3. The third-order valence-corrected chi connectivity index (χ3v) is 1.47. The van der Waals surface area contributed by atoms with Gasteiger partial charge in [-0.1, -0.05) is 26.0 Å². The number of nitroso groups, excluding NO2 is 1. The minimum absolute atomic E-state index is 0.0804. The van der Waals surface area contributed by atoms with Crippen LogP contribution in [0.25, 0.3) is 0 Å². The summed E-state index contributed by atoms with van der Waals surface area (Å²) in [5.74, 6) is -0.792. The van der Waals surface area contributed by atoms with Crippen molar-refractivity contribution in [3.8, 4) is 0 Å². The van der Waals surface area contributed by atoms with Crippen molar-refractivity contribution in [2.24, 2.45) is 5.18 Å². The summed E-state index contributed by atoms with van der Waals surface area (Å²) in [5, 5.41) is 10.9. The van der Waals surface area contributed by atoms with Gasteiger partial charge in [-0.3, -0.25) is 4.79 Å². The topological polar surface area (TPSA) is 66.7 Å². The molecule has 76 valence electrons. The van der Waals surface area contributed by atoms with Gasteiger partial charge in [-0.15, -0.1) is 4.91 Å². The van der Waals surface area contributed by atoms with Crippen molar-refractivity contribution < 1.29 is 9.90 Å². The molecule has 0 aliphatic heterocycles. The highest BCUT2D eigenvalue weighted by Gasteiger charge is 2.03. The van der Waals surface area contributed by atoms with Crippen LogP contribution in [0.15, 0.2) is 29.4 Å². The number of hydrogen-bond acceptors (Lipinski definition) is 3. The van der Waals surface area contributed by atoms with Crippen LogP contribution in [0.1, 0.15) is 29.8 Å². The Balaban J connectivity index is 0.000000791. The van der Waals surface area contributed by atoms with Gasteiger partial charge in [0.15, 0.2) is 0 Å². The fourth-order valence-electron chi connectivity index (χ4n) is 0.805. The van der Waals surface area contributed by atoms with Crippen LogP contribution in [0, 0.1) is 4.91 Å². The summed E-state index contributed by atoms with van der Waals surface area (Å²) in [6, 6.07) is 6.04. The first-order valence-corrected chi connectivity index (χ1v) is 4.35. The first-order chi connectivity index (χ1) is 6.77. The lowest BCUT2D eigenvalue weighted by Gasteiger charge is -1.95. The Kier molecular flexibility index (Phi) is 6.15. The van der Waals surface area contributed by atoms with Crippen molar-refractivity contribution in [1.82, 2.24) is 0 Å². The summed E-state index contributed by atoms with van der Waals surface area (Å²) >= 11 is 0. The van der Waals surface area contributed by atoms with Crippen molar-refractivity contribution >= 4 is 5.91 Å². The fraction of sp³-hybridized carbons (Fsp3) is 0.300. The summed E-state index contributed by atoms with van der Waals surface area (Å²) < 4.78 is 0. The maximum atomic E-state index is 10.7. The fourth-order valence-corrected chi connectivity index (χ4v) is 0.805. The second-order valence-corrected chi connectivity index (χ2v) is 2.25. The maximum Gasteiger partial charge on any atom is 0.316 e. The van der Waals surface area contributed by atoms with E-state index in [1.807, 2.05) is 13.8 Å². The van der Waals surface area contributed by atoms with Gasteiger partial charge in [0.2, 0.25) is 0 Å². The Labute approximate surface area is 82.5 Å². The van der Waals surface area contributed by atoms with Gasteiger partial charge in [-0.2, -0.15) is 0 Å². The molecule has 0 heterocycles. The lowest BCUT2D eigenvalue weighted by Crippen LogP contribution is -1.93. The van der Waals surface area contributed by atoms with E-state index in [2.05, 4.69) is 5.18 Å². The van der Waals surface area contributed by atoms with Crippen molar-refractivity contribution in [1.29, 1.82) is 0 Å². The molecule has 0 aliphatic carbocycles. The molecule has 0 bridgehead atoms. The number of aliphatic hydroxyl groups is 1. The highest BCUT2D eigenvalue weighted by molar-refractivity contribution is 5.94. The van der Waals surface area contributed by atoms with Gasteiger partial charge in [0, 0.05) is 10.7 Å². The van der Waals surface area contributed by atoms with Crippen molar-refractivity contribution in [3.05, 3.63) is 40.3 Å². The van der Waals surface area contributed by atoms with Gasteiger partial charge >= 0.3 is 5.91 Å².